The zero-order valence-electron chi connectivity index (χ0n) is 9.15. The lowest BCUT2D eigenvalue weighted by Crippen LogP contribution is -2.42. The Labute approximate surface area is 98.5 Å². The largest absolute Gasteiger partial charge is 0.327 e. The molecule has 2 heterocycles. The maximum atomic E-state index is 11.6. The summed E-state index contributed by atoms with van der Waals surface area (Å²) in [4.78, 5) is 16.6. The molecule has 1 atom stereocenters. The van der Waals surface area contributed by atoms with Gasteiger partial charge < -0.3 is 10.6 Å². The number of carbonyl (C=O) groups is 1. The molecule has 0 spiro atoms. The number of rotatable bonds is 2. The van der Waals surface area contributed by atoms with E-state index in [1.807, 2.05) is 19.1 Å². The first-order valence-corrected chi connectivity index (χ1v) is 5.86. The van der Waals surface area contributed by atoms with Crippen LogP contribution in [-0.4, -0.2) is 23.3 Å². The van der Waals surface area contributed by atoms with Gasteiger partial charge in [0.15, 0.2) is 0 Å². The van der Waals surface area contributed by atoms with Crippen molar-refractivity contribution >= 4 is 22.6 Å². The molecule has 0 aliphatic carbocycles. The van der Waals surface area contributed by atoms with E-state index in [1.54, 1.807) is 19.4 Å². The van der Waals surface area contributed by atoms with Gasteiger partial charge in [-0.15, -0.1) is 0 Å². The normalized spacial score (nSPS) is 20.9. The average molecular weight is 235 g/mol. The van der Waals surface area contributed by atoms with Crippen molar-refractivity contribution in [1.29, 1.82) is 0 Å². The summed E-state index contributed by atoms with van der Waals surface area (Å²) in [5, 5.41) is 5.61. The Bertz CT molecular complexity index is 430. The van der Waals surface area contributed by atoms with Crippen molar-refractivity contribution in [2.24, 2.45) is 0 Å². The topological polar surface area (TPSA) is 54.0 Å². The summed E-state index contributed by atoms with van der Waals surface area (Å²) in [6, 6.07) is 3.88. The smallest absolute Gasteiger partial charge is 0.252 e. The Morgan fingerprint density at radius 3 is 2.75 bits per heavy atom. The van der Waals surface area contributed by atoms with Crippen LogP contribution in [-0.2, 0) is 4.79 Å². The molecule has 2 N–H and O–H groups in total. The summed E-state index contributed by atoms with van der Waals surface area (Å²) in [6.45, 7) is 1.91. The number of hydrogen-bond acceptors (Lipinski definition) is 4. The number of nitrogens with one attached hydrogen (secondary N) is 2. The van der Waals surface area contributed by atoms with Crippen molar-refractivity contribution < 1.29 is 4.79 Å². The lowest BCUT2D eigenvalue weighted by molar-refractivity contribution is -0.120. The SMILES string of the molecule is CNC1SC(c2ccncc2)=C(C)NC1=O. The van der Waals surface area contributed by atoms with E-state index >= 15 is 0 Å². The average Bonchev–Trinajstić information content (AvgIpc) is 2.30. The molecule has 5 heteroatoms. The maximum absolute atomic E-state index is 11.6. The summed E-state index contributed by atoms with van der Waals surface area (Å²) >= 11 is 1.53. The lowest BCUT2D eigenvalue weighted by Gasteiger charge is -2.25. The van der Waals surface area contributed by atoms with Gasteiger partial charge in [-0.25, -0.2) is 0 Å². The third-order valence-corrected chi connectivity index (χ3v) is 3.79. The number of allylic oxidation sites excluding steroid dienone is 1. The molecule has 1 aliphatic heterocycles. The highest BCUT2D eigenvalue weighted by Crippen LogP contribution is 2.34. The number of amides is 1. The molecule has 84 valence electrons. The van der Waals surface area contributed by atoms with E-state index in [2.05, 4.69) is 15.6 Å². The molecule has 0 saturated carbocycles. The highest BCUT2D eigenvalue weighted by Gasteiger charge is 2.26. The minimum absolute atomic E-state index is 0.00260. The van der Waals surface area contributed by atoms with Gasteiger partial charge in [0, 0.05) is 23.0 Å². The highest BCUT2D eigenvalue weighted by atomic mass is 32.2. The van der Waals surface area contributed by atoms with Crippen LogP contribution in [0.2, 0.25) is 0 Å². The molecule has 0 radical (unpaired) electrons. The second-order valence-electron chi connectivity index (χ2n) is 3.47. The van der Waals surface area contributed by atoms with Gasteiger partial charge in [0.2, 0.25) is 0 Å². The fraction of sp³-hybridized carbons (Fsp3) is 0.273. The van der Waals surface area contributed by atoms with Crippen LogP contribution in [0.25, 0.3) is 4.91 Å². The van der Waals surface area contributed by atoms with Crippen molar-refractivity contribution in [2.75, 3.05) is 7.05 Å². The number of carbonyl (C=O) groups excluding carboxylic acids is 1. The van der Waals surface area contributed by atoms with Crippen molar-refractivity contribution in [3.63, 3.8) is 0 Å². The Morgan fingerprint density at radius 2 is 2.12 bits per heavy atom. The first-order chi connectivity index (χ1) is 7.72. The standard InChI is InChI=1S/C11H13N3OS/c1-7-9(8-3-5-13-6-4-8)16-11(12-2)10(15)14-7/h3-6,11-12H,1-2H3,(H,14,15). The monoisotopic (exact) mass is 235 g/mol. The van der Waals surface area contributed by atoms with E-state index in [0.29, 0.717) is 0 Å². The van der Waals surface area contributed by atoms with Crippen LogP contribution in [0.4, 0.5) is 0 Å². The number of thioether (sulfide) groups is 1. The van der Waals surface area contributed by atoms with Crippen LogP contribution in [0, 0.1) is 0 Å². The van der Waals surface area contributed by atoms with Crippen molar-refractivity contribution in [3.05, 3.63) is 35.8 Å². The molecule has 0 aromatic carbocycles. The zero-order valence-corrected chi connectivity index (χ0v) is 9.97. The molecule has 1 amide bonds. The second kappa shape index (κ2) is 4.67. The van der Waals surface area contributed by atoms with E-state index in [9.17, 15) is 4.79 Å². The number of hydrogen-bond donors (Lipinski definition) is 2. The Kier molecular flexibility index (Phi) is 3.26. The Balaban J connectivity index is 2.34. The highest BCUT2D eigenvalue weighted by molar-refractivity contribution is 8.09. The maximum Gasteiger partial charge on any atom is 0.252 e. The predicted molar refractivity (Wildman–Crippen MR) is 65.4 cm³/mol. The molecule has 1 aromatic rings. The van der Waals surface area contributed by atoms with Crippen LogP contribution in [0.15, 0.2) is 30.2 Å². The number of likely N-dealkylation sites (N-methyl/N-ethyl adjacent to an activating group) is 1. The summed E-state index contributed by atoms with van der Waals surface area (Å²) in [5.41, 5.74) is 1.98. The summed E-state index contributed by atoms with van der Waals surface area (Å²) in [5.74, 6) is 0.00260. The van der Waals surface area contributed by atoms with Crippen LogP contribution in [0.1, 0.15) is 12.5 Å². The Hall–Kier alpha value is -1.33. The number of nitrogens with zero attached hydrogens (tertiary/aromatic N) is 1. The third kappa shape index (κ3) is 2.10. The summed E-state index contributed by atoms with van der Waals surface area (Å²) < 4.78 is 0. The molecule has 1 aromatic heterocycles. The molecular formula is C11H13N3OS. The van der Waals surface area contributed by atoms with Gasteiger partial charge in [-0.3, -0.25) is 9.78 Å². The van der Waals surface area contributed by atoms with Gasteiger partial charge >= 0.3 is 0 Å². The molecule has 0 saturated heterocycles. The molecule has 1 unspecified atom stereocenters. The third-order valence-electron chi connectivity index (χ3n) is 2.33. The van der Waals surface area contributed by atoms with Gasteiger partial charge in [0.05, 0.1) is 0 Å². The van der Waals surface area contributed by atoms with E-state index < -0.39 is 0 Å². The Morgan fingerprint density at radius 1 is 1.44 bits per heavy atom. The molecule has 0 fully saturated rings. The fourth-order valence-electron chi connectivity index (χ4n) is 1.54. The predicted octanol–water partition coefficient (Wildman–Crippen LogP) is 1.18. The van der Waals surface area contributed by atoms with Gasteiger partial charge in [-0.2, -0.15) is 0 Å². The lowest BCUT2D eigenvalue weighted by atomic mass is 10.2. The minimum atomic E-state index is -0.230. The van der Waals surface area contributed by atoms with Crippen LogP contribution < -0.4 is 10.6 Å². The van der Waals surface area contributed by atoms with Crippen molar-refractivity contribution in [3.8, 4) is 0 Å². The van der Waals surface area contributed by atoms with Crippen molar-refractivity contribution in [2.45, 2.75) is 12.3 Å². The first-order valence-electron chi connectivity index (χ1n) is 4.98. The molecule has 1 aliphatic rings. The zero-order chi connectivity index (χ0) is 11.5. The van der Waals surface area contributed by atoms with Gasteiger partial charge in [-0.1, -0.05) is 11.8 Å². The van der Waals surface area contributed by atoms with E-state index in [4.69, 9.17) is 0 Å². The fourth-order valence-corrected chi connectivity index (χ4v) is 2.56. The van der Waals surface area contributed by atoms with Gasteiger partial charge in [0.1, 0.15) is 5.37 Å². The number of pyridine rings is 1. The van der Waals surface area contributed by atoms with Crippen LogP contribution >= 0.6 is 11.8 Å². The quantitative estimate of drug-likeness (QED) is 0.808. The first kappa shape index (κ1) is 11.2. The van der Waals surface area contributed by atoms with E-state index in [0.717, 1.165) is 16.2 Å². The summed E-state index contributed by atoms with van der Waals surface area (Å²) in [7, 11) is 1.78. The second-order valence-corrected chi connectivity index (χ2v) is 4.58. The molecule has 4 nitrogen and oxygen atoms in total. The van der Waals surface area contributed by atoms with Gasteiger partial charge in [0.25, 0.3) is 5.91 Å². The van der Waals surface area contributed by atoms with E-state index in [1.165, 1.54) is 11.8 Å². The molecule has 0 bridgehead atoms. The van der Waals surface area contributed by atoms with Gasteiger partial charge in [-0.05, 0) is 31.7 Å². The number of aromatic nitrogens is 1. The molecular weight excluding hydrogens is 222 g/mol. The molecule has 16 heavy (non-hydrogen) atoms. The molecule has 2 rings (SSSR count). The van der Waals surface area contributed by atoms with Crippen molar-refractivity contribution in [1.82, 2.24) is 15.6 Å². The van der Waals surface area contributed by atoms with Crippen LogP contribution in [0.3, 0.4) is 0 Å². The van der Waals surface area contributed by atoms with E-state index in [-0.39, 0.29) is 11.3 Å². The van der Waals surface area contributed by atoms with Crippen LogP contribution in [0.5, 0.6) is 0 Å². The minimum Gasteiger partial charge on any atom is -0.327 e. The summed E-state index contributed by atoms with van der Waals surface area (Å²) in [6.07, 6.45) is 3.50.